The zero-order valence-electron chi connectivity index (χ0n) is 13.3. The highest BCUT2D eigenvalue weighted by atomic mass is 15.1. The van der Waals surface area contributed by atoms with Crippen molar-refractivity contribution in [1.29, 1.82) is 0 Å². The van der Waals surface area contributed by atoms with Crippen molar-refractivity contribution in [2.24, 2.45) is 17.6 Å². The molecule has 0 amide bonds. The normalized spacial score (nSPS) is 27.2. The van der Waals surface area contributed by atoms with Crippen molar-refractivity contribution in [3.8, 4) is 0 Å². The third-order valence-electron chi connectivity index (χ3n) is 4.73. The molecule has 0 heterocycles. The van der Waals surface area contributed by atoms with Crippen LogP contribution in [0.2, 0.25) is 0 Å². The molecule has 2 heteroatoms. The summed E-state index contributed by atoms with van der Waals surface area (Å²) < 4.78 is 0. The Labute approximate surface area is 124 Å². The lowest BCUT2D eigenvalue weighted by atomic mass is 9.79. The second-order valence-electron chi connectivity index (χ2n) is 6.85. The van der Waals surface area contributed by atoms with Crippen LogP contribution in [0.3, 0.4) is 0 Å². The van der Waals surface area contributed by atoms with Crippen LogP contribution >= 0.6 is 0 Å². The van der Waals surface area contributed by atoms with Crippen LogP contribution in [0.1, 0.15) is 45.6 Å². The van der Waals surface area contributed by atoms with Crippen LogP contribution in [0.5, 0.6) is 0 Å². The van der Waals surface area contributed by atoms with E-state index in [0.717, 1.165) is 19.0 Å². The highest BCUT2D eigenvalue weighted by Crippen LogP contribution is 2.29. The van der Waals surface area contributed by atoms with Crippen LogP contribution in [0, 0.1) is 11.8 Å². The average Bonchev–Trinajstić information content (AvgIpc) is 2.43. The van der Waals surface area contributed by atoms with Crippen molar-refractivity contribution in [3.05, 3.63) is 35.9 Å². The van der Waals surface area contributed by atoms with Crippen molar-refractivity contribution in [2.75, 3.05) is 6.54 Å². The van der Waals surface area contributed by atoms with Crippen molar-refractivity contribution in [1.82, 2.24) is 4.90 Å². The largest absolute Gasteiger partial charge is 0.327 e. The maximum Gasteiger partial charge on any atom is 0.0236 e. The number of benzene rings is 1. The Morgan fingerprint density at radius 3 is 2.55 bits per heavy atom. The molecule has 0 aromatic heterocycles. The molecule has 1 fully saturated rings. The molecule has 1 aliphatic rings. The van der Waals surface area contributed by atoms with Gasteiger partial charge in [0.25, 0.3) is 0 Å². The van der Waals surface area contributed by atoms with Crippen LogP contribution in [-0.2, 0) is 6.54 Å². The Morgan fingerprint density at radius 2 is 1.90 bits per heavy atom. The molecule has 0 bridgehead atoms. The molecular formula is C18H30N2. The molecule has 1 saturated carbocycles. The molecule has 112 valence electrons. The predicted molar refractivity (Wildman–Crippen MR) is 86.5 cm³/mol. The van der Waals surface area contributed by atoms with E-state index in [4.69, 9.17) is 5.73 Å². The average molecular weight is 274 g/mol. The van der Waals surface area contributed by atoms with Crippen LogP contribution in [0.15, 0.2) is 30.3 Å². The number of hydrogen-bond acceptors (Lipinski definition) is 2. The van der Waals surface area contributed by atoms with Gasteiger partial charge in [0.2, 0.25) is 0 Å². The first-order valence-corrected chi connectivity index (χ1v) is 8.09. The molecule has 20 heavy (non-hydrogen) atoms. The predicted octanol–water partition coefficient (Wildman–Crippen LogP) is 3.66. The summed E-state index contributed by atoms with van der Waals surface area (Å²) in [4.78, 5) is 2.58. The number of rotatable bonds is 5. The molecule has 3 atom stereocenters. The highest BCUT2D eigenvalue weighted by Gasteiger charge is 2.28. The minimum atomic E-state index is 0.392. The van der Waals surface area contributed by atoms with Crippen LogP contribution in [-0.4, -0.2) is 23.5 Å². The monoisotopic (exact) mass is 274 g/mol. The molecule has 0 saturated heterocycles. The molecule has 3 unspecified atom stereocenters. The molecule has 0 radical (unpaired) electrons. The van der Waals surface area contributed by atoms with Gasteiger partial charge in [-0.05, 0) is 50.5 Å². The van der Waals surface area contributed by atoms with Gasteiger partial charge in [0.05, 0.1) is 0 Å². The SMILES string of the molecule is CC1CCC(N)C(CN(Cc2ccccc2)C(C)C)C1. The van der Waals surface area contributed by atoms with Gasteiger partial charge in [0.15, 0.2) is 0 Å². The summed E-state index contributed by atoms with van der Waals surface area (Å²) in [5.41, 5.74) is 7.76. The van der Waals surface area contributed by atoms with Gasteiger partial charge in [-0.2, -0.15) is 0 Å². The van der Waals surface area contributed by atoms with Gasteiger partial charge < -0.3 is 5.73 Å². The summed E-state index contributed by atoms with van der Waals surface area (Å²) in [6.07, 6.45) is 3.79. The molecule has 2 nitrogen and oxygen atoms in total. The fourth-order valence-electron chi connectivity index (χ4n) is 3.31. The van der Waals surface area contributed by atoms with E-state index in [0.29, 0.717) is 18.0 Å². The van der Waals surface area contributed by atoms with Crippen LogP contribution in [0.4, 0.5) is 0 Å². The van der Waals surface area contributed by atoms with Gasteiger partial charge in [-0.1, -0.05) is 37.3 Å². The summed E-state index contributed by atoms with van der Waals surface area (Å²) in [6.45, 7) is 9.13. The smallest absolute Gasteiger partial charge is 0.0236 e. The summed E-state index contributed by atoms with van der Waals surface area (Å²) in [6, 6.07) is 11.7. The van der Waals surface area contributed by atoms with E-state index in [2.05, 4.69) is 56.0 Å². The Morgan fingerprint density at radius 1 is 1.20 bits per heavy atom. The maximum absolute atomic E-state index is 6.36. The zero-order valence-corrected chi connectivity index (χ0v) is 13.3. The molecule has 2 N–H and O–H groups in total. The van der Waals surface area contributed by atoms with Gasteiger partial charge >= 0.3 is 0 Å². The zero-order chi connectivity index (χ0) is 14.5. The van der Waals surface area contributed by atoms with E-state index >= 15 is 0 Å². The highest BCUT2D eigenvalue weighted by molar-refractivity contribution is 5.14. The van der Waals surface area contributed by atoms with E-state index in [1.54, 1.807) is 0 Å². The second-order valence-corrected chi connectivity index (χ2v) is 6.85. The number of nitrogens with two attached hydrogens (primary N) is 1. The van der Waals surface area contributed by atoms with Crippen LogP contribution in [0.25, 0.3) is 0 Å². The molecular weight excluding hydrogens is 244 g/mol. The van der Waals surface area contributed by atoms with E-state index in [9.17, 15) is 0 Å². The standard InChI is InChI=1S/C18H30N2/c1-14(2)20(12-16-7-5-4-6-8-16)13-17-11-15(3)9-10-18(17)19/h4-8,14-15,17-18H,9-13,19H2,1-3H3. The lowest BCUT2D eigenvalue weighted by Crippen LogP contribution is -2.44. The molecule has 1 aliphatic carbocycles. The first-order chi connectivity index (χ1) is 9.56. The fraction of sp³-hybridized carbons (Fsp3) is 0.667. The molecule has 2 rings (SSSR count). The third-order valence-corrected chi connectivity index (χ3v) is 4.73. The minimum Gasteiger partial charge on any atom is -0.327 e. The molecule has 1 aromatic rings. The molecule has 1 aromatic carbocycles. The summed E-state index contributed by atoms with van der Waals surface area (Å²) in [5, 5.41) is 0. The van der Waals surface area contributed by atoms with Gasteiger partial charge in [-0.3, -0.25) is 4.90 Å². The first kappa shape index (κ1) is 15.5. The van der Waals surface area contributed by atoms with Gasteiger partial charge in [-0.25, -0.2) is 0 Å². The Hall–Kier alpha value is -0.860. The van der Waals surface area contributed by atoms with Gasteiger partial charge in [0, 0.05) is 25.2 Å². The Balaban J connectivity index is 1.98. The number of hydrogen-bond donors (Lipinski definition) is 1. The van der Waals surface area contributed by atoms with Crippen LogP contribution < -0.4 is 5.73 Å². The van der Waals surface area contributed by atoms with Crippen molar-refractivity contribution >= 4 is 0 Å². The van der Waals surface area contributed by atoms with E-state index in [1.165, 1.54) is 24.8 Å². The van der Waals surface area contributed by atoms with Gasteiger partial charge in [0.1, 0.15) is 0 Å². The Bertz CT molecular complexity index is 388. The van der Waals surface area contributed by atoms with E-state index < -0.39 is 0 Å². The topological polar surface area (TPSA) is 29.3 Å². The van der Waals surface area contributed by atoms with Crippen molar-refractivity contribution in [2.45, 2.75) is 58.7 Å². The van der Waals surface area contributed by atoms with E-state index in [-0.39, 0.29) is 0 Å². The lowest BCUT2D eigenvalue weighted by Gasteiger charge is -2.37. The summed E-state index contributed by atoms with van der Waals surface area (Å²) >= 11 is 0. The molecule has 0 spiro atoms. The lowest BCUT2D eigenvalue weighted by molar-refractivity contribution is 0.131. The summed E-state index contributed by atoms with van der Waals surface area (Å²) in [5.74, 6) is 1.50. The fourth-order valence-corrected chi connectivity index (χ4v) is 3.31. The van der Waals surface area contributed by atoms with Crippen molar-refractivity contribution < 1.29 is 0 Å². The first-order valence-electron chi connectivity index (χ1n) is 8.09. The maximum atomic E-state index is 6.36. The second kappa shape index (κ2) is 7.24. The molecule has 0 aliphatic heterocycles. The Kier molecular flexibility index (Phi) is 5.62. The number of nitrogens with zero attached hydrogens (tertiary/aromatic N) is 1. The third kappa shape index (κ3) is 4.32. The van der Waals surface area contributed by atoms with E-state index in [1.807, 2.05) is 0 Å². The summed E-state index contributed by atoms with van der Waals surface area (Å²) in [7, 11) is 0. The van der Waals surface area contributed by atoms with Crippen molar-refractivity contribution in [3.63, 3.8) is 0 Å². The van der Waals surface area contributed by atoms with Gasteiger partial charge in [-0.15, -0.1) is 0 Å². The quantitative estimate of drug-likeness (QED) is 0.888. The minimum absolute atomic E-state index is 0.392.